The van der Waals surface area contributed by atoms with Gasteiger partial charge in [-0.3, -0.25) is 4.98 Å². The van der Waals surface area contributed by atoms with E-state index in [1.165, 1.54) is 16.3 Å². The van der Waals surface area contributed by atoms with Crippen molar-refractivity contribution in [3.63, 3.8) is 0 Å². The van der Waals surface area contributed by atoms with Gasteiger partial charge in [0.25, 0.3) is 0 Å². The second-order valence-electron chi connectivity index (χ2n) is 14.6. The van der Waals surface area contributed by atoms with E-state index in [4.69, 9.17) is 4.98 Å². The molecule has 1 atom stereocenters. The van der Waals surface area contributed by atoms with E-state index >= 15 is 4.39 Å². The third-order valence-electron chi connectivity index (χ3n) is 11.2. The SMILES string of the molecule is CC1(C)c2cccnc2N(c2[c-]c(C(F)c3[c-]c4c(cc3)c3ccccc3n3ccnc43)ccc2)c2ccc3c(c21)c1ccccc1n3-c1ccccc1.[Pd+2]. The number of fused-ring (bicyclic) bond motifs is 12. The molecule has 0 bridgehead atoms. The van der Waals surface area contributed by atoms with Gasteiger partial charge >= 0.3 is 20.4 Å². The van der Waals surface area contributed by atoms with Crippen LogP contribution in [-0.4, -0.2) is 18.9 Å². The van der Waals surface area contributed by atoms with Crippen LogP contribution in [0.3, 0.4) is 0 Å². The standard InChI is InChI=1S/C48H32FN5.Pd/c1-48(2)38-18-11-25-50-47(38)54(42-24-23-41-43(44(42)48)36-17-7-9-20-40(36)53(41)32-13-4-3-5-14-32)33-15-10-12-30(28-33)45(49)31-21-22-34-35-16-6-8-19-39(35)52-27-26-51-46(52)37(34)29-31;/h3-27,45H,1-2H3;/q-2;+2. The zero-order chi connectivity index (χ0) is 36.1. The molecule has 11 rings (SSSR count). The van der Waals surface area contributed by atoms with Gasteiger partial charge in [0, 0.05) is 51.5 Å². The Bertz CT molecular complexity index is 3130. The molecule has 0 fully saturated rings. The molecular weight excluding hydrogens is 772 g/mol. The van der Waals surface area contributed by atoms with E-state index < -0.39 is 11.6 Å². The summed E-state index contributed by atoms with van der Waals surface area (Å²) in [5.74, 6) is 0.816. The number of hydrogen-bond acceptors (Lipinski definition) is 3. The second kappa shape index (κ2) is 12.5. The Morgan fingerprint density at radius 1 is 0.636 bits per heavy atom. The van der Waals surface area contributed by atoms with Gasteiger partial charge in [0.15, 0.2) is 0 Å². The fourth-order valence-corrected chi connectivity index (χ4v) is 8.85. The van der Waals surface area contributed by atoms with E-state index in [0.717, 1.165) is 66.8 Å². The molecule has 5 heterocycles. The number of alkyl halides is 1. The summed E-state index contributed by atoms with van der Waals surface area (Å²) in [6.07, 6.45) is 4.09. The molecule has 266 valence electrons. The van der Waals surface area contributed by atoms with Crippen molar-refractivity contribution >= 4 is 66.3 Å². The topological polar surface area (TPSA) is 38.4 Å². The molecule has 1 aliphatic rings. The van der Waals surface area contributed by atoms with Gasteiger partial charge in [-0.2, -0.15) is 18.2 Å². The first kappa shape index (κ1) is 33.4. The molecular formula is C48H32FN5Pd. The first-order chi connectivity index (χ1) is 26.5. The number of hydrogen-bond donors (Lipinski definition) is 0. The van der Waals surface area contributed by atoms with Gasteiger partial charge in [-0.1, -0.05) is 96.5 Å². The predicted molar refractivity (Wildman–Crippen MR) is 216 cm³/mol. The zero-order valence-corrected chi connectivity index (χ0v) is 31.5. The molecule has 0 spiro atoms. The minimum Gasteiger partial charge on any atom is -0.340 e. The smallest absolute Gasteiger partial charge is 0.340 e. The quantitative estimate of drug-likeness (QED) is 0.101. The number of pyridine rings is 2. The summed E-state index contributed by atoms with van der Waals surface area (Å²) in [6.45, 7) is 4.57. The van der Waals surface area contributed by atoms with Gasteiger partial charge in [-0.25, -0.2) is 9.37 Å². The van der Waals surface area contributed by atoms with E-state index in [-0.39, 0.29) is 20.4 Å². The van der Waals surface area contributed by atoms with Crippen molar-refractivity contribution < 1.29 is 24.8 Å². The Labute approximate surface area is 331 Å². The Kier molecular flexibility index (Phi) is 7.58. The predicted octanol–water partition coefficient (Wildman–Crippen LogP) is 11.9. The van der Waals surface area contributed by atoms with Crippen LogP contribution in [0.15, 0.2) is 152 Å². The van der Waals surface area contributed by atoms with Crippen LogP contribution >= 0.6 is 0 Å². The average Bonchev–Trinajstić information content (AvgIpc) is 3.85. The van der Waals surface area contributed by atoms with Crippen LogP contribution in [0.25, 0.3) is 54.8 Å². The van der Waals surface area contributed by atoms with Gasteiger partial charge in [0.1, 0.15) is 12.0 Å². The summed E-state index contributed by atoms with van der Waals surface area (Å²) in [7, 11) is 0. The van der Waals surface area contributed by atoms with E-state index in [2.05, 4.69) is 125 Å². The number of imidazole rings is 1. The normalized spacial score (nSPS) is 14.0. The second-order valence-corrected chi connectivity index (χ2v) is 14.6. The van der Waals surface area contributed by atoms with Crippen LogP contribution in [0, 0.1) is 12.1 Å². The number of benzene rings is 6. The summed E-state index contributed by atoms with van der Waals surface area (Å²) in [6, 6.07) is 52.4. The molecule has 7 heteroatoms. The van der Waals surface area contributed by atoms with Crippen molar-refractivity contribution in [1.29, 1.82) is 0 Å². The van der Waals surface area contributed by atoms with E-state index in [1.54, 1.807) is 6.20 Å². The molecule has 10 aromatic rings. The Balaban J connectivity index is 0.00000372. The number of anilines is 3. The van der Waals surface area contributed by atoms with Crippen molar-refractivity contribution in [1.82, 2.24) is 18.9 Å². The van der Waals surface area contributed by atoms with Gasteiger partial charge in [-0.05, 0) is 53.4 Å². The molecule has 1 aliphatic heterocycles. The van der Waals surface area contributed by atoms with Gasteiger partial charge < -0.3 is 13.9 Å². The van der Waals surface area contributed by atoms with Gasteiger partial charge in [-0.15, -0.1) is 29.8 Å². The first-order valence-corrected chi connectivity index (χ1v) is 18.2. The molecule has 0 radical (unpaired) electrons. The Morgan fingerprint density at radius 2 is 1.40 bits per heavy atom. The fraction of sp³-hybridized carbons (Fsp3) is 0.0833. The largest absolute Gasteiger partial charge is 2.00 e. The minimum absolute atomic E-state index is 0. The van der Waals surface area contributed by atoms with E-state index in [0.29, 0.717) is 11.1 Å². The molecule has 0 saturated heterocycles. The maximum atomic E-state index is 16.9. The molecule has 4 aromatic heterocycles. The molecule has 1 unspecified atom stereocenters. The van der Waals surface area contributed by atoms with E-state index in [1.807, 2.05) is 65.3 Å². The van der Waals surface area contributed by atoms with Crippen LogP contribution in [0.4, 0.5) is 21.6 Å². The maximum absolute atomic E-state index is 16.9. The monoisotopic (exact) mass is 803 g/mol. The number of para-hydroxylation sites is 3. The third kappa shape index (κ3) is 4.80. The summed E-state index contributed by atoms with van der Waals surface area (Å²) in [4.78, 5) is 11.8. The number of halogens is 1. The van der Waals surface area contributed by atoms with Gasteiger partial charge in [0.05, 0.1) is 22.4 Å². The van der Waals surface area contributed by atoms with Crippen molar-refractivity contribution in [3.05, 3.63) is 186 Å². The summed E-state index contributed by atoms with van der Waals surface area (Å²) in [5.41, 5.74) is 9.67. The maximum Gasteiger partial charge on any atom is 2.00 e. The summed E-state index contributed by atoms with van der Waals surface area (Å²) < 4.78 is 21.3. The van der Waals surface area contributed by atoms with Crippen LogP contribution < -0.4 is 4.90 Å². The summed E-state index contributed by atoms with van der Waals surface area (Å²) >= 11 is 0. The van der Waals surface area contributed by atoms with Crippen molar-refractivity contribution in [2.45, 2.75) is 25.4 Å². The Hall–Kier alpha value is -6.13. The summed E-state index contributed by atoms with van der Waals surface area (Å²) in [5, 5.41) is 5.23. The average molecular weight is 804 g/mol. The van der Waals surface area contributed by atoms with Gasteiger partial charge in [0.2, 0.25) is 0 Å². The van der Waals surface area contributed by atoms with E-state index in [9.17, 15) is 0 Å². The zero-order valence-electron chi connectivity index (χ0n) is 29.9. The molecule has 6 aromatic carbocycles. The van der Waals surface area contributed by atoms with Crippen molar-refractivity contribution in [2.75, 3.05) is 4.90 Å². The molecule has 0 saturated carbocycles. The molecule has 0 aliphatic carbocycles. The van der Waals surface area contributed by atoms with Crippen LogP contribution in [-0.2, 0) is 25.8 Å². The first-order valence-electron chi connectivity index (χ1n) is 18.2. The Morgan fingerprint density at radius 3 is 2.25 bits per heavy atom. The fourth-order valence-electron chi connectivity index (χ4n) is 8.85. The van der Waals surface area contributed by atoms with Crippen LogP contribution in [0.5, 0.6) is 0 Å². The van der Waals surface area contributed by atoms with Crippen molar-refractivity contribution in [2.24, 2.45) is 0 Å². The van der Waals surface area contributed by atoms with Crippen molar-refractivity contribution in [3.8, 4) is 5.69 Å². The van der Waals surface area contributed by atoms with Crippen LogP contribution in [0.1, 0.15) is 42.3 Å². The number of nitrogens with zero attached hydrogens (tertiary/aromatic N) is 5. The minimum atomic E-state index is -1.47. The molecule has 5 nitrogen and oxygen atoms in total. The van der Waals surface area contributed by atoms with Crippen LogP contribution in [0.2, 0.25) is 0 Å². The molecule has 0 N–H and O–H groups in total. The third-order valence-corrected chi connectivity index (χ3v) is 11.2. The number of aromatic nitrogens is 4. The molecule has 0 amide bonds. The number of rotatable bonds is 4. The molecule has 55 heavy (non-hydrogen) atoms.